The van der Waals surface area contributed by atoms with Crippen LogP contribution in [0, 0.1) is 0 Å². The topological polar surface area (TPSA) is 66.8 Å². The maximum Gasteiger partial charge on any atom is 0.440 e. The predicted octanol–water partition coefficient (Wildman–Crippen LogP) is 4.56. The van der Waals surface area contributed by atoms with Crippen LogP contribution in [0.25, 0.3) is 10.4 Å². The van der Waals surface area contributed by atoms with E-state index in [0.29, 0.717) is 15.5 Å². The molecule has 0 radical (unpaired) electrons. The lowest BCUT2D eigenvalue weighted by atomic mass is 10.2. The summed E-state index contributed by atoms with van der Waals surface area (Å²) in [6.45, 7) is 3.33. The van der Waals surface area contributed by atoms with Crippen molar-refractivity contribution in [3.8, 4) is 16.2 Å². The minimum Gasteiger partial charge on any atom is -0.463 e. The molecule has 0 aliphatic rings. The highest BCUT2D eigenvalue weighted by Gasteiger charge is 2.17. The summed E-state index contributed by atoms with van der Waals surface area (Å²) in [5.41, 5.74) is 0.693. The molecule has 0 aliphatic heterocycles. The normalized spacial score (nSPS) is 10.3. The maximum atomic E-state index is 11.4. The van der Waals surface area contributed by atoms with Crippen molar-refractivity contribution in [2.75, 3.05) is 6.54 Å². The summed E-state index contributed by atoms with van der Waals surface area (Å²) in [4.78, 5) is 29.2. The Bertz CT molecular complexity index is 713. The average molecular weight is 340 g/mol. The predicted molar refractivity (Wildman–Crippen MR) is 85.8 cm³/mol. The van der Waals surface area contributed by atoms with Gasteiger partial charge in [0.25, 0.3) is 0 Å². The van der Waals surface area contributed by atoms with Crippen LogP contribution < -0.4 is 4.84 Å². The molecule has 0 bridgehead atoms. The fraction of sp³-hybridized carbons (Fsp3) is 0.200. The first-order valence-electron chi connectivity index (χ1n) is 6.52. The number of Topliss-reactive ketones (excluding diaryl/α,β-unsaturated/α-hetero) is 1. The number of thiophene rings is 1. The van der Waals surface area contributed by atoms with Crippen LogP contribution in [0.1, 0.15) is 23.5 Å². The van der Waals surface area contributed by atoms with Crippen molar-refractivity contribution in [3.05, 3.63) is 40.2 Å². The first-order valence-corrected chi connectivity index (χ1v) is 7.71. The number of rotatable bonds is 5. The second-order valence-corrected chi connectivity index (χ2v) is 5.87. The molecule has 0 fully saturated rings. The fourth-order valence-corrected chi connectivity index (χ4v) is 3.05. The molecular weight excluding hydrogens is 326 g/mol. The Balaban J connectivity index is 2.36. The second-order valence-electron chi connectivity index (χ2n) is 4.41. The minimum absolute atomic E-state index is 0.0113. The molecule has 1 aromatic heterocycles. The Hall–Kier alpha value is -2.05. The number of carbonyl (C=O) groups is 2. The monoisotopic (exact) mass is 339 g/mol. The van der Waals surface area contributed by atoms with E-state index in [4.69, 9.17) is 21.5 Å². The average Bonchev–Trinajstić information content (AvgIpc) is 2.95. The van der Waals surface area contributed by atoms with Gasteiger partial charge in [-0.2, -0.15) is 0 Å². The van der Waals surface area contributed by atoms with E-state index in [2.05, 4.69) is 0 Å². The van der Waals surface area contributed by atoms with Gasteiger partial charge >= 0.3 is 6.09 Å². The van der Waals surface area contributed by atoms with Crippen molar-refractivity contribution in [3.63, 3.8) is 0 Å². The molecule has 0 aliphatic carbocycles. The fourth-order valence-electron chi connectivity index (χ4n) is 1.80. The lowest BCUT2D eigenvalue weighted by Crippen LogP contribution is -2.32. The summed E-state index contributed by atoms with van der Waals surface area (Å²) in [7, 11) is 0. The van der Waals surface area contributed by atoms with Crippen molar-refractivity contribution in [1.82, 2.24) is 5.06 Å². The quantitative estimate of drug-likeness (QED) is 0.640. The van der Waals surface area contributed by atoms with Crippen LogP contribution in [0.5, 0.6) is 5.75 Å². The number of hydrogen-bond donors (Lipinski definition) is 1. The smallest absolute Gasteiger partial charge is 0.440 e. The van der Waals surface area contributed by atoms with Crippen LogP contribution >= 0.6 is 22.9 Å². The van der Waals surface area contributed by atoms with Gasteiger partial charge in [0, 0.05) is 10.4 Å². The zero-order valence-electron chi connectivity index (χ0n) is 12.0. The van der Waals surface area contributed by atoms with Gasteiger partial charge in [0.2, 0.25) is 0 Å². The molecule has 0 unspecified atom stereocenters. The minimum atomic E-state index is -1.20. The van der Waals surface area contributed by atoms with Crippen LogP contribution in [-0.4, -0.2) is 28.6 Å². The number of ketones is 1. The van der Waals surface area contributed by atoms with E-state index >= 15 is 0 Å². The number of carboxylic acid groups (broad SMARTS) is 1. The number of hydrogen-bond acceptors (Lipinski definition) is 4. The first kappa shape index (κ1) is 16.3. The Labute approximate surface area is 136 Å². The second kappa shape index (κ2) is 6.81. The van der Waals surface area contributed by atoms with Crippen molar-refractivity contribution in [2.24, 2.45) is 0 Å². The maximum absolute atomic E-state index is 11.4. The van der Waals surface area contributed by atoms with Gasteiger partial charge in [-0.05, 0) is 32.0 Å². The summed E-state index contributed by atoms with van der Waals surface area (Å²) in [6, 6.07) is 8.65. The Morgan fingerprint density at radius 1 is 1.32 bits per heavy atom. The molecule has 1 N–H and O–H groups in total. The van der Waals surface area contributed by atoms with Crippen molar-refractivity contribution in [2.45, 2.75) is 13.8 Å². The van der Waals surface area contributed by atoms with E-state index < -0.39 is 6.09 Å². The third-order valence-electron chi connectivity index (χ3n) is 2.89. The van der Waals surface area contributed by atoms with E-state index in [1.54, 1.807) is 37.3 Å². The molecule has 2 aromatic rings. The highest BCUT2D eigenvalue weighted by molar-refractivity contribution is 7.17. The molecule has 0 saturated heterocycles. The third-order valence-corrected chi connectivity index (χ3v) is 4.50. The van der Waals surface area contributed by atoms with Gasteiger partial charge in [-0.25, -0.2) is 4.79 Å². The Morgan fingerprint density at radius 3 is 2.59 bits per heavy atom. The van der Waals surface area contributed by atoms with E-state index in [0.717, 1.165) is 9.94 Å². The molecule has 0 atom stereocenters. The number of benzene rings is 1. The van der Waals surface area contributed by atoms with Gasteiger partial charge in [-0.1, -0.05) is 23.7 Å². The SMILES string of the molecule is CCN(Oc1cccc(-c2ccc(C(C)=O)s2)c1Cl)C(=O)O. The largest absolute Gasteiger partial charge is 0.463 e. The van der Waals surface area contributed by atoms with Gasteiger partial charge < -0.3 is 9.94 Å². The first-order chi connectivity index (χ1) is 10.4. The van der Waals surface area contributed by atoms with Crippen LogP contribution in [0.3, 0.4) is 0 Å². The van der Waals surface area contributed by atoms with Gasteiger partial charge in [0.15, 0.2) is 11.5 Å². The molecule has 1 amide bonds. The van der Waals surface area contributed by atoms with Gasteiger partial charge in [0.05, 0.1) is 16.4 Å². The molecule has 7 heteroatoms. The number of halogens is 1. The highest BCUT2D eigenvalue weighted by atomic mass is 35.5. The number of hydroxylamine groups is 2. The Morgan fingerprint density at radius 2 is 2.05 bits per heavy atom. The van der Waals surface area contributed by atoms with Crippen LogP contribution in [0.2, 0.25) is 5.02 Å². The van der Waals surface area contributed by atoms with E-state index in [-0.39, 0.29) is 18.1 Å². The summed E-state index contributed by atoms with van der Waals surface area (Å²) >= 11 is 7.64. The zero-order valence-corrected chi connectivity index (χ0v) is 13.6. The molecule has 5 nitrogen and oxygen atoms in total. The van der Waals surface area contributed by atoms with Gasteiger partial charge in [-0.15, -0.1) is 16.4 Å². The van der Waals surface area contributed by atoms with Crippen molar-refractivity contribution in [1.29, 1.82) is 0 Å². The molecule has 0 saturated carbocycles. The zero-order chi connectivity index (χ0) is 16.3. The standard InChI is InChI=1S/C15H14ClNO4S/c1-3-17(15(19)20)21-11-6-4-5-10(14(11)16)13-8-7-12(22-13)9(2)18/h4-8H,3H2,1-2H3,(H,19,20). The highest BCUT2D eigenvalue weighted by Crippen LogP contribution is 2.38. The van der Waals surface area contributed by atoms with Crippen LogP contribution in [0.15, 0.2) is 30.3 Å². The van der Waals surface area contributed by atoms with Crippen molar-refractivity contribution >= 4 is 34.8 Å². The van der Waals surface area contributed by atoms with Gasteiger partial charge in [0.1, 0.15) is 0 Å². The summed E-state index contributed by atoms with van der Waals surface area (Å²) < 4.78 is 0. The molecule has 0 spiro atoms. The molecule has 116 valence electrons. The van der Waals surface area contributed by atoms with E-state index in [9.17, 15) is 9.59 Å². The van der Waals surface area contributed by atoms with Gasteiger partial charge in [-0.3, -0.25) is 4.79 Å². The number of nitrogens with zero attached hydrogens (tertiary/aromatic N) is 1. The third kappa shape index (κ3) is 3.40. The van der Waals surface area contributed by atoms with E-state index in [1.807, 2.05) is 0 Å². The summed E-state index contributed by atoms with van der Waals surface area (Å²) in [5, 5.41) is 10.1. The molecule has 1 heterocycles. The molecular formula is C15H14ClNO4S. The van der Waals surface area contributed by atoms with E-state index in [1.165, 1.54) is 18.3 Å². The summed E-state index contributed by atoms with van der Waals surface area (Å²) in [6.07, 6.45) is -1.20. The Kier molecular flexibility index (Phi) is 5.05. The number of carbonyl (C=O) groups excluding carboxylic acids is 1. The molecule has 1 aromatic carbocycles. The number of amides is 1. The summed E-state index contributed by atoms with van der Waals surface area (Å²) in [5.74, 6) is 0.240. The van der Waals surface area contributed by atoms with Crippen LogP contribution in [0.4, 0.5) is 4.79 Å². The lowest BCUT2D eigenvalue weighted by Gasteiger charge is -2.18. The van der Waals surface area contributed by atoms with Crippen LogP contribution in [-0.2, 0) is 0 Å². The molecule has 22 heavy (non-hydrogen) atoms. The lowest BCUT2D eigenvalue weighted by molar-refractivity contribution is -0.0314. The van der Waals surface area contributed by atoms with Crippen molar-refractivity contribution < 1.29 is 19.5 Å². The molecule has 2 rings (SSSR count).